The van der Waals surface area contributed by atoms with E-state index in [9.17, 15) is 19.2 Å². The maximum atomic E-state index is 13.1. The molecule has 34 heavy (non-hydrogen) atoms. The van der Waals surface area contributed by atoms with E-state index in [0.717, 1.165) is 18.3 Å². The fraction of sp³-hybridized carbons (Fsp3) is 0.615. The van der Waals surface area contributed by atoms with Crippen molar-refractivity contribution in [3.8, 4) is 0 Å². The molecular formula is C26H41N3O5. The van der Waals surface area contributed by atoms with Gasteiger partial charge in [-0.05, 0) is 36.2 Å². The summed E-state index contributed by atoms with van der Waals surface area (Å²) in [6, 6.07) is 6.94. The molecule has 0 saturated carbocycles. The van der Waals surface area contributed by atoms with E-state index < -0.39 is 36.0 Å². The molecule has 190 valence electrons. The first-order valence-electron chi connectivity index (χ1n) is 12.1. The van der Waals surface area contributed by atoms with Crippen molar-refractivity contribution in [1.82, 2.24) is 16.0 Å². The quantitative estimate of drug-likeness (QED) is 0.356. The summed E-state index contributed by atoms with van der Waals surface area (Å²) >= 11 is 0. The molecule has 0 heterocycles. The Morgan fingerprint density at radius 1 is 0.853 bits per heavy atom. The number of alkyl carbamates (subject to hydrolysis) is 1. The molecule has 0 radical (unpaired) electrons. The minimum Gasteiger partial charge on any atom is -0.445 e. The van der Waals surface area contributed by atoms with Gasteiger partial charge in [0, 0.05) is 0 Å². The van der Waals surface area contributed by atoms with Gasteiger partial charge in [0.1, 0.15) is 25.0 Å². The Labute approximate surface area is 203 Å². The van der Waals surface area contributed by atoms with Gasteiger partial charge in [0.15, 0.2) is 0 Å². The predicted octanol–water partition coefficient (Wildman–Crippen LogP) is 3.59. The van der Waals surface area contributed by atoms with E-state index in [1.165, 1.54) is 0 Å². The number of hydrogen-bond donors (Lipinski definition) is 3. The summed E-state index contributed by atoms with van der Waals surface area (Å²) in [5, 5.41) is 8.17. The first kappa shape index (κ1) is 29.1. The smallest absolute Gasteiger partial charge is 0.408 e. The molecule has 0 aliphatic heterocycles. The first-order chi connectivity index (χ1) is 16.1. The van der Waals surface area contributed by atoms with Gasteiger partial charge in [-0.2, -0.15) is 0 Å². The van der Waals surface area contributed by atoms with E-state index in [0.29, 0.717) is 12.8 Å². The lowest BCUT2D eigenvalue weighted by atomic mass is 9.98. The number of amides is 3. The van der Waals surface area contributed by atoms with Crippen molar-refractivity contribution in [2.24, 2.45) is 17.8 Å². The van der Waals surface area contributed by atoms with Crippen LogP contribution in [-0.2, 0) is 25.7 Å². The lowest BCUT2D eigenvalue weighted by Crippen LogP contribution is -2.56. The van der Waals surface area contributed by atoms with Gasteiger partial charge >= 0.3 is 6.09 Å². The van der Waals surface area contributed by atoms with E-state index in [2.05, 4.69) is 16.0 Å². The number of carbonyl (C=O) groups is 4. The monoisotopic (exact) mass is 475 g/mol. The van der Waals surface area contributed by atoms with Crippen molar-refractivity contribution in [3.63, 3.8) is 0 Å². The van der Waals surface area contributed by atoms with E-state index in [4.69, 9.17) is 4.74 Å². The van der Waals surface area contributed by atoms with Gasteiger partial charge in [-0.3, -0.25) is 9.59 Å². The average Bonchev–Trinajstić information content (AvgIpc) is 2.79. The summed E-state index contributed by atoms with van der Waals surface area (Å²) in [4.78, 5) is 49.9. The predicted molar refractivity (Wildman–Crippen MR) is 132 cm³/mol. The van der Waals surface area contributed by atoms with Crippen LogP contribution in [-0.4, -0.2) is 42.3 Å². The summed E-state index contributed by atoms with van der Waals surface area (Å²) in [5.74, 6) is -0.646. The number of aldehydes is 1. The molecule has 8 nitrogen and oxygen atoms in total. The molecule has 1 rings (SSSR count). The maximum Gasteiger partial charge on any atom is 0.408 e. The Bertz CT molecular complexity index is 782. The van der Waals surface area contributed by atoms with Crippen molar-refractivity contribution >= 4 is 24.2 Å². The molecule has 0 spiro atoms. The molecule has 3 N–H and O–H groups in total. The zero-order valence-corrected chi connectivity index (χ0v) is 21.3. The Balaban J connectivity index is 2.86. The second-order valence-electron chi connectivity index (χ2n) is 9.63. The molecular weight excluding hydrogens is 434 g/mol. The fourth-order valence-corrected chi connectivity index (χ4v) is 3.41. The number of rotatable bonds is 14. The molecule has 0 aliphatic carbocycles. The van der Waals surface area contributed by atoms with Gasteiger partial charge in [-0.1, -0.05) is 78.3 Å². The minimum absolute atomic E-state index is 0.0217. The first-order valence-corrected chi connectivity index (χ1v) is 12.1. The number of nitrogens with one attached hydrogen (secondary N) is 3. The van der Waals surface area contributed by atoms with Crippen LogP contribution >= 0.6 is 0 Å². The molecule has 1 aromatic rings. The molecule has 1 aromatic carbocycles. The topological polar surface area (TPSA) is 114 Å². The molecule has 3 amide bonds. The molecule has 8 heteroatoms. The highest BCUT2D eigenvalue weighted by atomic mass is 16.5. The van der Waals surface area contributed by atoms with Crippen LogP contribution in [0.5, 0.6) is 0 Å². The molecule has 0 bridgehead atoms. The fourth-order valence-electron chi connectivity index (χ4n) is 3.41. The van der Waals surface area contributed by atoms with Crippen LogP contribution in [0.1, 0.15) is 66.4 Å². The van der Waals surface area contributed by atoms with Gasteiger partial charge in [-0.25, -0.2) is 4.79 Å². The highest BCUT2D eigenvalue weighted by Crippen LogP contribution is 2.11. The standard InChI is InChI=1S/C26H41N3O5/c1-7-19(6)23(15-30)28-24(31)21(13-17(2)3)27-25(32)22(14-18(4)5)29-26(33)34-16-20-11-9-8-10-12-20/h8-12,15,17-19,21-23H,7,13-14,16H2,1-6H3,(H,27,32)(H,28,31)(H,29,33)/t19?,21-,22-,23+/m0/s1. The number of carbonyl (C=O) groups excluding carboxylic acids is 4. The van der Waals surface area contributed by atoms with E-state index >= 15 is 0 Å². The van der Waals surface area contributed by atoms with Crippen LogP contribution in [0.25, 0.3) is 0 Å². The van der Waals surface area contributed by atoms with Crippen LogP contribution < -0.4 is 16.0 Å². The van der Waals surface area contributed by atoms with Crippen molar-refractivity contribution < 1.29 is 23.9 Å². The van der Waals surface area contributed by atoms with Crippen molar-refractivity contribution in [3.05, 3.63) is 35.9 Å². The SMILES string of the molecule is CCC(C)[C@@H](C=O)NC(=O)[C@H](CC(C)C)NC(=O)[C@H](CC(C)C)NC(=O)OCc1ccccc1. The van der Waals surface area contributed by atoms with Crippen molar-refractivity contribution in [1.29, 1.82) is 0 Å². The van der Waals surface area contributed by atoms with E-state index in [1.807, 2.05) is 71.9 Å². The molecule has 0 fully saturated rings. The molecule has 0 aromatic heterocycles. The highest BCUT2D eigenvalue weighted by Gasteiger charge is 2.30. The van der Waals surface area contributed by atoms with Gasteiger partial charge in [0.25, 0.3) is 0 Å². The zero-order chi connectivity index (χ0) is 25.7. The lowest BCUT2D eigenvalue weighted by Gasteiger charge is -2.27. The third-order valence-electron chi connectivity index (χ3n) is 5.58. The highest BCUT2D eigenvalue weighted by molar-refractivity contribution is 5.92. The minimum atomic E-state index is -0.859. The van der Waals surface area contributed by atoms with E-state index in [1.54, 1.807) is 0 Å². The van der Waals surface area contributed by atoms with Gasteiger partial charge in [0.05, 0.1) is 6.04 Å². The average molecular weight is 476 g/mol. The van der Waals surface area contributed by atoms with Crippen LogP contribution in [0.15, 0.2) is 30.3 Å². The normalized spacial score (nSPS) is 14.6. The van der Waals surface area contributed by atoms with Crippen molar-refractivity contribution in [2.45, 2.75) is 85.5 Å². The zero-order valence-electron chi connectivity index (χ0n) is 21.3. The molecule has 0 aliphatic rings. The van der Waals surface area contributed by atoms with Gasteiger partial charge in [-0.15, -0.1) is 0 Å². The van der Waals surface area contributed by atoms with Crippen LogP contribution in [0.3, 0.4) is 0 Å². The van der Waals surface area contributed by atoms with Gasteiger partial charge in [0.2, 0.25) is 11.8 Å². The van der Waals surface area contributed by atoms with Crippen LogP contribution in [0.2, 0.25) is 0 Å². The van der Waals surface area contributed by atoms with Crippen LogP contribution in [0.4, 0.5) is 4.79 Å². The summed E-state index contributed by atoms with van der Waals surface area (Å²) in [5.41, 5.74) is 0.835. The second kappa shape index (κ2) is 15.1. The second-order valence-corrected chi connectivity index (χ2v) is 9.63. The summed E-state index contributed by atoms with van der Waals surface area (Å²) in [7, 11) is 0. The van der Waals surface area contributed by atoms with E-state index in [-0.39, 0.29) is 24.4 Å². The Morgan fingerprint density at radius 3 is 1.88 bits per heavy atom. The largest absolute Gasteiger partial charge is 0.445 e. The Morgan fingerprint density at radius 2 is 1.38 bits per heavy atom. The summed E-state index contributed by atoms with van der Waals surface area (Å²) in [6.45, 7) is 11.7. The Hall–Kier alpha value is -2.90. The molecule has 4 atom stereocenters. The number of ether oxygens (including phenoxy) is 1. The van der Waals surface area contributed by atoms with Crippen molar-refractivity contribution in [2.75, 3.05) is 0 Å². The third kappa shape index (κ3) is 10.8. The Kier molecular flexibility index (Phi) is 12.9. The maximum absolute atomic E-state index is 13.1. The van der Waals surface area contributed by atoms with Crippen LogP contribution in [0, 0.1) is 17.8 Å². The number of hydrogen-bond acceptors (Lipinski definition) is 5. The molecule has 0 saturated heterocycles. The number of benzene rings is 1. The summed E-state index contributed by atoms with van der Waals surface area (Å²) < 4.78 is 5.26. The lowest BCUT2D eigenvalue weighted by molar-refractivity contribution is -0.131. The summed E-state index contributed by atoms with van der Waals surface area (Å²) in [6.07, 6.45) is 1.54. The molecule has 1 unspecified atom stereocenters. The third-order valence-corrected chi connectivity index (χ3v) is 5.58. The van der Waals surface area contributed by atoms with Gasteiger partial charge < -0.3 is 25.5 Å².